The number of H-pyrrole nitrogens is 1. The molecule has 0 unspecified atom stereocenters. The summed E-state index contributed by atoms with van der Waals surface area (Å²) in [4.78, 5) is 22.3. The number of benzene rings is 1. The van der Waals surface area contributed by atoms with E-state index in [4.69, 9.17) is 0 Å². The molecule has 26 heavy (non-hydrogen) atoms. The van der Waals surface area contributed by atoms with Gasteiger partial charge in [-0.25, -0.2) is 9.67 Å². The second-order valence-corrected chi connectivity index (χ2v) is 7.34. The highest BCUT2D eigenvalue weighted by molar-refractivity contribution is 7.99. The molecule has 0 aliphatic heterocycles. The fourth-order valence-electron chi connectivity index (χ4n) is 2.92. The first kappa shape index (κ1) is 18.7. The number of nitrogens with one attached hydrogen (secondary N) is 1. The van der Waals surface area contributed by atoms with Crippen LogP contribution < -0.4 is 5.56 Å². The van der Waals surface area contributed by atoms with E-state index in [1.54, 1.807) is 22.6 Å². The summed E-state index contributed by atoms with van der Waals surface area (Å²) in [6.07, 6.45) is 1.59. The Bertz CT molecular complexity index is 958. The number of aryl methyl sites for hydroxylation is 1. The van der Waals surface area contributed by atoms with Gasteiger partial charge in [-0.05, 0) is 44.1 Å². The van der Waals surface area contributed by atoms with Crippen LogP contribution in [0.2, 0.25) is 0 Å². The third kappa shape index (κ3) is 3.68. The molecule has 0 saturated carbocycles. The molecular formula is C19H25N5OS. The minimum atomic E-state index is -0.142. The first-order valence-electron chi connectivity index (χ1n) is 8.95. The van der Waals surface area contributed by atoms with Crippen LogP contribution in [-0.2, 0) is 0 Å². The van der Waals surface area contributed by atoms with Crippen molar-refractivity contribution in [2.24, 2.45) is 0 Å². The van der Waals surface area contributed by atoms with Crippen molar-refractivity contribution in [2.45, 2.75) is 32.9 Å². The lowest BCUT2D eigenvalue weighted by Crippen LogP contribution is -2.25. The van der Waals surface area contributed by atoms with Gasteiger partial charge in [-0.1, -0.05) is 37.7 Å². The van der Waals surface area contributed by atoms with Crippen molar-refractivity contribution < 1.29 is 0 Å². The molecule has 138 valence electrons. The highest BCUT2D eigenvalue weighted by Crippen LogP contribution is 2.21. The third-order valence-corrected chi connectivity index (χ3v) is 5.61. The molecule has 3 rings (SSSR count). The predicted octanol–water partition coefficient (Wildman–Crippen LogP) is 3.16. The molecule has 6 nitrogen and oxygen atoms in total. The van der Waals surface area contributed by atoms with Crippen LogP contribution in [0.1, 0.15) is 25.0 Å². The van der Waals surface area contributed by atoms with Crippen molar-refractivity contribution >= 4 is 22.8 Å². The number of hydrogen-bond acceptors (Lipinski definition) is 5. The van der Waals surface area contributed by atoms with Gasteiger partial charge < -0.3 is 9.88 Å². The van der Waals surface area contributed by atoms with Gasteiger partial charge in [-0.3, -0.25) is 4.79 Å². The largest absolute Gasteiger partial charge is 0.303 e. The monoisotopic (exact) mass is 371 g/mol. The van der Waals surface area contributed by atoms with Gasteiger partial charge in [0.05, 0.1) is 11.9 Å². The normalized spacial score (nSPS) is 11.6. The van der Waals surface area contributed by atoms with Crippen molar-refractivity contribution in [3.8, 4) is 5.69 Å². The zero-order valence-corrected chi connectivity index (χ0v) is 16.6. The minimum Gasteiger partial charge on any atom is -0.303 e. The molecule has 0 amide bonds. The molecule has 1 N–H and O–H groups in total. The van der Waals surface area contributed by atoms with Crippen LogP contribution in [0.5, 0.6) is 0 Å². The Kier molecular flexibility index (Phi) is 5.78. The molecule has 7 heteroatoms. The van der Waals surface area contributed by atoms with Crippen molar-refractivity contribution in [1.82, 2.24) is 24.6 Å². The summed E-state index contributed by atoms with van der Waals surface area (Å²) in [7, 11) is 0. The number of hydrogen-bond donors (Lipinski definition) is 1. The summed E-state index contributed by atoms with van der Waals surface area (Å²) in [6, 6.07) is 6.07. The van der Waals surface area contributed by atoms with Crippen LogP contribution >= 0.6 is 11.8 Å². The number of nitrogens with zero attached hydrogens (tertiary/aromatic N) is 4. The molecule has 0 aliphatic rings. The van der Waals surface area contributed by atoms with Crippen molar-refractivity contribution in [3.63, 3.8) is 0 Å². The summed E-state index contributed by atoms with van der Waals surface area (Å²) >= 11 is 1.57. The first-order valence-corrected chi connectivity index (χ1v) is 9.93. The van der Waals surface area contributed by atoms with Crippen LogP contribution in [0, 0.1) is 13.8 Å². The van der Waals surface area contributed by atoms with Gasteiger partial charge in [0.15, 0.2) is 10.8 Å². The van der Waals surface area contributed by atoms with Gasteiger partial charge in [0.2, 0.25) is 0 Å². The maximum atomic E-state index is 12.4. The summed E-state index contributed by atoms with van der Waals surface area (Å²) in [6.45, 7) is 11.5. The van der Waals surface area contributed by atoms with Gasteiger partial charge in [0, 0.05) is 12.3 Å². The summed E-state index contributed by atoms with van der Waals surface area (Å²) < 4.78 is 1.77. The fraction of sp³-hybridized carbons (Fsp3) is 0.421. The van der Waals surface area contributed by atoms with Crippen LogP contribution in [-0.4, -0.2) is 50.0 Å². The molecule has 0 saturated heterocycles. The molecule has 0 atom stereocenters. The number of aromatic amines is 1. The Morgan fingerprint density at radius 1 is 1.23 bits per heavy atom. The Morgan fingerprint density at radius 3 is 2.73 bits per heavy atom. The quantitative estimate of drug-likeness (QED) is 0.510. The minimum absolute atomic E-state index is 0.142. The molecule has 2 aromatic heterocycles. The molecule has 3 aromatic rings. The highest BCUT2D eigenvalue weighted by atomic mass is 32.2. The van der Waals surface area contributed by atoms with E-state index in [1.165, 1.54) is 5.56 Å². The maximum Gasteiger partial charge on any atom is 0.262 e. The standard InChI is InChI=1S/C19H25N5OS/c1-5-23(6-2)10-11-26-19-21-17-15(18(25)22-19)12-20-24(17)16-9-7-8-13(3)14(16)4/h7-9,12H,5-6,10-11H2,1-4H3,(H,21,22,25). The Labute approximate surface area is 157 Å². The Balaban J connectivity index is 1.94. The molecule has 2 heterocycles. The highest BCUT2D eigenvalue weighted by Gasteiger charge is 2.14. The Morgan fingerprint density at radius 2 is 2.00 bits per heavy atom. The van der Waals surface area contributed by atoms with Crippen molar-refractivity contribution in [2.75, 3.05) is 25.4 Å². The van der Waals surface area contributed by atoms with Crippen molar-refractivity contribution in [1.29, 1.82) is 0 Å². The van der Waals surface area contributed by atoms with E-state index in [0.717, 1.165) is 36.6 Å². The average molecular weight is 372 g/mol. The second kappa shape index (κ2) is 8.05. The van der Waals surface area contributed by atoms with E-state index in [-0.39, 0.29) is 5.56 Å². The van der Waals surface area contributed by atoms with Crippen LogP contribution in [0.15, 0.2) is 34.3 Å². The van der Waals surface area contributed by atoms with Crippen LogP contribution in [0.3, 0.4) is 0 Å². The lowest BCUT2D eigenvalue weighted by Gasteiger charge is -2.16. The zero-order valence-electron chi connectivity index (χ0n) is 15.7. The lowest BCUT2D eigenvalue weighted by atomic mass is 10.1. The first-order chi connectivity index (χ1) is 12.5. The molecule has 1 aromatic carbocycles. The molecular weight excluding hydrogens is 346 g/mol. The van der Waals surface area contributed by atoms with Crippen molar-refractivity contribution in [3.05, 3.63) is 45.9 Å². The van der Waals surface area contributed by atoms with Gasteiger partial charge in [0.1, 0.15) is 5.39 Å². The Hall–Kier alpha value is -2.12. The summed E-state index contributed by atoms with van der Waals surface area (Å²) in [5.74, 6) is 0.883. The molecule has 0 fully saturated rings. The van der Waals surface area contributed by atoms with Gasteiger partial charge in [-0.2, -0.15) is 5.10 Å². The third-order valence-electron chi connectivity index (χ3n) is 4.76. The topological polar surface area (TPSA) is 66.8 Å². The summed E-state index contributed by atoms with van der Waals surface area (Å²) in [5, 5.41) is 5.57. The molecule has 0 aliphatic carbocycles. The number of rotatable bonds is 7. The van der Waals surface area contributed by atoms with Crippen LogP contribution in [0.4, 0.5) is 0 Å². The van der Waals surface area contributed by atoms with E-state index in [1.807, 2.05) is 12.1 Å². The number of thioether (sulfide) groups is 1. The lowest BCUT2D eigenvalue weighted by molar-refractivity contribution is 0.324. The van der Waals surface area contributed by atoms with E-state index in [0.29, 0.717) is 16.2 Å². The molecule has 0 bridgehead atoms. The molecule has 0 spiro atoms. The zero-order chi connectivity index (χ0) is 18.7. The van der Waals surface area contributed by atoms with Gasteiger partial charge >= 0.3 is 0 Å². The van der Waals surface area contributed by atoms with Gasteiger partial charge in [0.25, 0.3) is 5.56 Å². The smallest absolute Gasteiger partial charge is 0.262 e. The van der Waals surface area contributed by atoms with E-state index < -0.39 is 0 Å². The average Bonchev–Trinajstić information content (AvgIpc) is 3.05. The SMILES string of the molecule is CCN(CC)CCSc1nc2c(cnn2-c2cccc(C)c2C)c(=O)[nH]1. The van der Waals surface area contributed by atoms with E-state index in [2.05, 4.69) is 53.7 Å². The summed E-state index contributed by atoms with van der Waals surface area (Å²) in [5.41, 5.74) is 3.74. The predicted molar refractivity (Wildman–Crippen MR) is 107 cm³/mol. The van der Waals surface area contributed by atoms with Gasteiger partial charge in [-0.15, -0.1) is 0 Å². The maximum absolute atomic E-state index is 12.4. The van der Waals surface area contributed by atoms with E-state index in [9.17, 15) is 4.79 Å². The van der Waals surface area contributed by atoms with Crippen LogP contribution in [0.25, 0.3) is 16.7 Å². The van der Waals surface area contributed by atoms with E-state index >= 15 is 0 Å². The second-order valence-electron chi connectivity index (χ2n) is 6.26. The fourth-order valence-corrected chi connectivity index (χ4v) is 3.78. The number of aromatic nitrogens is 4. The molecule has 0 radical (unpaired) electrons. The number of fused-ring (bicyclic) bond motifs is 1.